The van der Waals surface area contributed by atoms with Crippen LogP contribution in [0.5, 0.6) is 0 Å². The van der Waals surface area contributed by atoms with Gasteiger partial charge in [-0.3, -0.25) is 4.79 Å². The number of benzene rings is 2. The van der Waals surface area contributed by atoms with Crippen LogP contribution in [0.25, 0.3) is 11.2 Å². The van der Waals surface area contributed by atoms with E-state index in [0.717, 1.165) is 17.5 Å². The molecule has 9 nitrogen and oxygen atoms in total. The number of carbonyl (C=O) groups is 1. The number of hydrogen-bond acceptors (Lipinski definition) is 7. The van der Waals surface area contributed by atoms with Gasteiger partial charge in [0, 0.05) is 24.6 Å². The number of aliphatic hydroxyl groups is 2. The van der Waals surface area contributed by atoms with E-state index in [-0.39, 0.29) is 18.4 Å². The molecule has 0 bridgehead atoms. The standard InChI is InChI=1S/C31H32N6O3/c1-18-8-7-9-19(14-18)12-13-24-35-28(34-22-15-21(22)20-10-5-4-6-11-20)25-29(36-24)37(17-33-25)23-16-31(2,30(40)32-3)27(39)26(23)38/h4-11,14,17,21-23,26-27,38-39H,15-16H2,1-3H3,(H,32,40)(H,34,35,36)/t21?,22-,23-,26+,27+,31?/m1/s1. The lowest BCUT2D eigenvalue weighted by molar-refractivity contribution is -0.136. The highest BCUT2D eigenvalue weighted by Crippen LogP contribution is 2.46. The summed E-state index contributed by atoms with van der Waals surface area (Å²) < 4.78 is 1.74. The topological polar surface area (TPSA) is 125 Å². The number of hydrogen-bond donors (Lipinski definition) is 4. The van der Waals surface area contributed by atoms with Gasteiger partial charge in [0.2, 0.25) is 11.7 Å². The average Bonchev–Trinajstić information content (AvgIpc) is 3.54. The third-order valence-corrected chi connectivity index (χ3v) is 8.21. The largest absolute Gasteiger partial charge is 0.389 e. The molecular formula is C31H32N6O3. The first-order chi connectivity index (χ1) is 19.3. The van der Waals surface area contributed by atoms with Crippen molar-refractivity contribution in [2.45, 2.75) is 56.9 Å². The van der Waals surface area contributed by atoms with E-state index in [1.165, 1.54) is 12.6 Å². The molecule has 2 aromatic heterocycles. The number of anilines is 1. The highest BCUT2D eigenvalue weighted by Gasteiger charge is 2.55. The molecule has 2 aromatic carbocycles. The second kappa shape index (κ2) is 10.0. The summed E-state index contributed by atoms with van der Waals surface area (Å²) in [6.45, 7) is 3.68. The van der Waals surface area contributed by atoms with Gasteiger partial charge in [-0.25, -0.2) is 15.0 Å². The Morgan fingerprint density at radius 3 is 2.65 bits per heavy atom. The number of imidazole rings is 1. The van der Waals surface area contributed by atoms with Gasteiger partial charge in [0.1, 0.15) is 6.10 Å². The lowest BCUT2D eigenvalue weighted by atomic mass is 9.85. The van der Waals surface area contributed by atoms with Gasteiger partial charge < -0.3 is 25.4 Å². The van der Waals surface area contributed by atoms with Crippen molar-refractivity contribution in [1.29, 1.82) is 0 Å². The fraction of sp³-hybridized carbons (Fsp3) is 0.355. The van der Waals surface area contributed by atoms with Gasteiger partial charge in [-0.2, -0.15) is 0 Å². The van der Waals surface area contributed by atoms with Crippen LogP contribution >= 0.6 is 0 Å². The quantitative estimate of drug-likeness (QED) is 0.289. The number of carbonyl (C=O) groups excluding carboxylic acids is 1. The molecular weight excluding hydrogens is 504 g/mol. The van der Waals surface area contributed by atoms with Gasteiger partial charge in [-0.05, 0) is 55.9 Å². The van der Waals surface area contributed by atoms with Gasteiger partial charge in [0.05, 0.1) is 23.9 Å². The molecule has 9 heteroatoms. The van der Waals surface area contributed by atoms with E-state index < -0.39 is 23.7 Å². The van der Waals surface area contributed by atoms with Crippen LogP contribution in [0.2, 0.25) is 0 Å². The van der Waals surface area contributed by atoms with Crippen LogP contribution in [0.15, 0.2) is 60.9 Å². The monoisotopic (exact) mass is 536 g/mol. The second-order valence-corrected chi connectivity index (χ2v) is 11.0. The zero-order valence-corrected chi connectivity index (χ0v) is 22.7. The van der Waals surface area contributed by atoms with Crippen LogP contribution < -0.4 is 10.6 Å². The third kappa shape index (κ3) is 4.59. The fourth-order valence-corrected chi connectivity index (χ4v) is 5.80. The Labute approximate surface area is 232 Å². The molecule has 2 heterocycles. The number of nitrogens with zero attached hydrogens (tertiary/aromatic N) is 4. The van der Waals surface area contributed by atoms with Gasteiger partial charge in [-0.15, -0.1) is 0 Å². The molecule has 0 spiro atoms. The average molecular weight is 537 g/mol. The van der Waals surface area contributed by atoms with Crippen molar-refractivity contribution in [3.8, 4) is 11.8 Å². The van der Waals surface area contributed by atoms with Crippen molar-refractivity contribution in [3.05, 3.63) is 83.4 Å². The van der Waals surface area contributed by atoms with Gasteiger partial charge in [0.15, 0.2) is 17.0 Å². The molecule has 4 aromatic rings. The molecule has 0 aliphatic heterocycles. The molecule has 204 valence electrons. The number of aryl methyl sites for hydroxylation is 1. The smallest absolute Gasteiger partial charge is 0.228 e. The maximum Gasteiger partial charge on any atom is 0.228 e. The summed E-state index contributed by atoms with van der Waals surface area (Å²) in [6, 6.07) is 17.9. The molecule has 4 N–H and O–H groups in total. The Morgan fingerprint density at radius 1 is 1.10 bits per heavy atom. The molecule has 0 saturated heterocycles. The van der Waals surface area contributed by atoms with E-state index in [9.17, 15) is 15.0 Å². The lowest BCUT2D eigenvalue weighted by Gasteiger charge is -2.26. The normalized spacial score (nSPS) is 27.2. The van der Waals surface area contributed by atoms with Crippen LogP contribution in [0.4, 0.5) is 5.82 Å². The molecule has 40 heavy (non-hydrogen) atoms. The van der Waals surface area contributed by atoms with Crippen LogP contribution in [0.1, 0.15) is 54.2 Å². The molecule has 6 rings (SSSR count). The van der Waals surface area contributed by atoms with Crippen LogP contribution in [0, 0.1) is 24.2 Å². The third-order valence-electron chi connectivity index (χ3n) is 8.21. The van der Waals surface area contributed by atoms with E-state index >= 15 is 0 Å². The van der Waals surface area contributed by atoms with Gasteiger partial charge in [-0.1, -0.05) is 48.4 Å². The van der Waals surface area contributed by atoms with E-state index in [1.807, 2.05) is 49.4 Å². The Balaban J connectivity index is 1.39. The second-order valence-electron chi connectivity index (χ2n) is 11.0. The molecule has 2 aliphatic rings. The maximum atomic E-state index is 12.6. The predicted molar refractivity (Wildman–Crippen MR) is 152 cm³/mol. The Bertz CT molecular complexity index is 1640. The van der Waals surface area contributed by atoms with Gasteiger partial charge in [0.25, 0.3) is 0 Å². The molecule has 0 radical (unpaired) electrons. The highest BCUT2D eigenvalue weighted by molar-refractivity contribution is 5.85. The predicted octanol–water partition coefficient (Wildman–Crippen LogP) is 2.92. The van der Waals surface area contributed by atoms with Crippen LogP contribution in [-0.4, -0.2) is 60.9 Å². The fourth-order valence-electron chi connectivity index (χ4n) is 5.80. The first-order valence-electron chi connectivity index (χ1n) is 13.5. The van der Waals surface area contributed by atoms with Crippen LogP contribution in [-0.2, 0) is 4.79 Å². The van der Waals surface area contributed by atoms with Crippen LogP contribution in [0.3, 0.4) is 0 Å². The number of fused-ring (bicyclic) bond motifs is 1. The minimum atomic E-state index is -1.24. The van der Waals surface area contributed by atoms with E-state index in [1.54, 1.807) is 17.8 Å². The van der Waals surface area contributed by atoms with E-state index in [2.05, 4.69) is 39.6 Å². The minimum absolute atomic E-state index is 0.193. The number of nitrogens with one attached hydrogen (secondary N) is 2. The Morgan fingerprint density at radius 2 is 1.90 bits per heavy atom. The molecule has 6 atom stereocenters. The van der Waals surface area contributed by atoms with Crippen molar-refractivity contribution in [1.82, 2.24) is 24.8 Å². The van der Waals surface area contributed by atoms with E-state index in [0.29, 0.717) is 28.7 Å². The minimum Gasteiger partial charge on any atom is -0.389 e. The molecule has 2 unspecified atom stereocenters. The van der Waals surface area contributed by atoms with Crippen molar-refractivity contribution in [2.75, 3.05) is 12.4 Å². The first-order valence-corrected chi connectivity index (χ1v) is 13.5. The maximum absolute atomic E-state index is 12.6. The number of amides is 1. The Kier molecular flexibility index (Phi) is 6.53. The summed E-state index contributed by atoms with van der Waals surface area (Å²) in [7, 11) is 1.53. The molecule has 2 fully saturated rings. The summed E-state index contributed by atoms with van der Waals surface area (Å²) in [5.74, 6) is 7.19. The molecule has 2 saturated carbocycles. The number of aromatic nitrogens is 4. The zero-order chi connectivity index (χ0) is 28.0. The lowest BCUT2D eigenvalue weighted by Crippen LogP contribution is -2.45. The van der Waals surface area contributed by atoms with E-state index in [4.69, 9.17) is 9.97 Å². The zero-order valence-electron chi connectivity index (χ0n) is 22.7. The van der Waals surface area contributed by atoms with Gasteiger partial charge >= 0.3 is 0 Å². The van der Waals surface area contributed by atoms with Crippen molar-refractivity contribution in [2.24, 2.45) is 5.41 Å². The summed E-state index contributed by atoms with van der Waals surface area (Å²) in [4.78, 5) is 26.7. The Hall–Kier alpha value is -4.26. The molecule has 2 aliphatic carbocycles. The first kappa shape index (κ1) is 26.0. The molecule has 1 amide bonds. The number of rotatable bonds is 5. The van der Waals surface area contributed by atoms with Crippen molar-refractivity contribution in [3.63, 3.8) is 0 Å². The summed E-state index contributed by atoms with van der Waals surface area (Å²) in [5.41, 5.74) is 3.11. The number of aliphatic hydroxyl groups excluding tert-OH is 2. The summed E-state index contributed by atoms with van der Waals surface area (Å²) in [5, 5.41) is 28.1. The highest BCUT2D eigenvalue weighted by atomic mass is 16.3. The summed E-state index contributed by atoms with van der Waals surface area (Å²) in [6.07, 6.45) is 0.362. The van der Waals surface area contributed by atoms with Crippen molar-refractivity contribution >= 4 is 22.9 Å². The SMILES string of the molecule is CNC(=O)C1(C)C[C@@H](n2cnc3c(N[C@@H]4CC4c4ccccc4)nc(C#Cc4cccc(C)c4)nc32)[C@H](O)[C@@H]1O. The van der Waals surface area contributed by atoms with Crippen molar-refractivity contribution < 1.29 is 15.0 Å². The summed E-state index contributed by atoms with van der Waals surface area (Å²) >= 11 is 0.